The zero-order valence-corrected chi connectivity index (χ0v) is 13.9. The lowest BCUT2D eigenvalue weighted by Gasteiger charge is -2.43. The van der Waals surface area contributed by atoms with Crippen molar-refractivity contribution in [2.24, 2.45) is 0 Å². The summed E-state index contributed by atoms with van der Waals surface area (Å²) in [5.41, 5.74) is 0.432. The Morgan fingerprint density at radius 2 is 2.00 bits per heavy atom. The van der Waals surface area contributed by atoms with Crippen LogP contribution in [0.4, 0.5) is 0 Å². The first-order valence-electron chi connectivity index (χ1n) is 7.77. The molecule has 0 bridgehead atoms. The normalized spacial score (nSPS) is 40.6. The fourth-order valence-electron chi connectivity index (χ4n) is 2.63. The molecule has 0 radical (unpaired) electrons. The van der Waals surface area contributed by atoms with Crippen LogP contribution in [0.1, 0.15) is 0 Å². The number of carboxylic acid groups (broad SMARTS) is 1. The number of hydrogen-bond donors (Lipinski definition) is 6. The van der Waals surface area contributed by atoms with Gasteiger partial charge >= 0.3 is 5.97 Å². The van der Waals surface area contributed by atoms with E-state index in [0.717, 1.165) is 6.08 Å². The van der Waals surface area contributed by atoms with Gasteiger partial charge in [0.1, 0.15) is 30.5 Å². The van der Waals surface area contributed by atoms with Gasteiger partial charge in [0, 0.05) is 13.2 Å². The molecule has 1 fully saturated rings. The molecule has 0 saturated carbocycles. The van der Waals surface area contributed by atoms with Gasteiger partial charge in [0.2, 0.25) is 5.79 Å². The first kappa shape index (κ1) is 20.7. The number of aliphatic hydroxyl groups excluding tert-OH is 4. The molecule has 0 spiro atoms. The smallest absolute Gasteiger partial charge is 0.328 e. The van der Waals surface area contributed by atoms with Crippen molar-refractivity contribution < 1.29 is 49.6 Å². The van der Waals surface area contributed by atoms with Crippen molar-refractivity contribution in [1.29, 1.82) is 0 Å². The van der Waals surface area contributed by atoms with Gasteiger partial charge in [-0.15, -0.1) is 0 Å². The minimum absolute atomic E-state index is 0.432. The highest BCUT2D eigenvalue weighted by Crippen LogP contribution is 2.31. The molecule has 10 heteroatoms. The molecule has 26 heavy (non-hydrogen) atoms. The molecule has 1 aliphatic heterocycles. The second-order valence-corrected chi connectivity index (χ2v) is 5.89. The lowest BCUT2D eigenvalue weighted by molar-refractivity contribution is -0.362. The molecule has 1 aliphatic carbocycles. The third-order valence-electron chi connectivity index (χ3n) is 4.09. The van der Waals surface area contributed by atoms with E-state index in [1.54, 1.807) is 0 Å². The Hall–Kier alpha value is -1.63. The number of allylic oxidation sites excluding steroid dienone is 3. The third kappa shape index (κ3) is 4.37. The topological polar surface area (TPSA) is 166 Å². The molecular weight excluding hydrogens is 352 g/mol. The first-order chi connectivity index (χ1) is 12.2. The molecular formula is C16H22O10. The number of carbonyl (C=O) groups is 1. The maximum Gasteiger partial charge on any atom is 0.328 e. The zero-order chi connectivity index (χ0) is 19.5. The number of aliphatic carboxylic acids is 1. The van der Waals surface area contributed by atoms with Crippen LogP contribution in [0.3, 0.4) is 0 Å². The van der Waals surface area contributed by atoms with Crippen molar-refractivity contribution in [2.45, 2.75) is 42.6 Å². The number of aliphatic hydroxyl groups is 5. The van der Waals surface area contributed by atoms with Gasteiger partial charge in [-0.2, -0.15) is 0 Å². The number of rotatable bonds is 6. The molecule has 1 saturated heterocycles. The molecule has 1 heterocycles. The second kappa shape index (κ2) is 8.37. The molecule has 2 unspecified atom stereocenters. The lowest BCUT2D eigenvalue weighted by Crippen LogP contribution is -2.62. The van der Waals surface area contributed by atoms with Crippen LogP contribution in [0.25, 0.3) is 0 Å². The highest BCUT2D eigenvalue weighted by atomic mass is 16.8. The van der Waals surface area contributed by atoms with Crippen molar-refractivity contribution >= 4 is 5.97 Å². The van der Waals surface area contributed by atoms with Crippen molar-refractivity contribution in [1.82, 2.24) is 0 Å². The van der Waals surface area contributed by atoms with Crippen LogP contribution in [-0.2, 0) is 19.0 Å². The fourth-order valence-corrected chi connectivity index (χ4v) is 2.63. The van der Waals surface area contributed by atoms with Crippen LogP contribution in [0, 0.1) is 0 Å². The molecule has 10 nitrogen and oxygen atoms in total. The van der Waals surface area contributed by atoms with E-state index >= 15 is 0 Å². The van der Waals surface area contributed by atoms with Crippen LogP contribution >= 0.6 is 0 Å². The number of carboxylic acids is 1. The van der Waals surface area contributed by atoms with Gasteiger partial charge in [-0.1, -0.05) is 6.08 Å². The molecule has 146 valence electrons. The van der Waals surface area contributed by atoms with Crippen LogP contribution in [0.5, 0.6) is 0 Å². The van der Waals surface area contributed by atoms with E-state index in [-0.39, 0.29) is 0 Å². The summed E-state index contributed by atoms with van der Waals surface area (Å²) >= 11 is 0. The average Bonchev–Trinajstić information content (AvgIpc) is 2.61. The standard InChI is InChI=1S/C16H22O10/c1-24-10-6-8(2-3-11(18)19)4-5-16(10,23)26-15-14(22)13(21)12(20)9(7-17)25-15/h2-6,9-10,12-15,17,20-23H,7H2,1H3,(H,18,19)/b3-2+/t9-,10?,12-,13+,14-,15+,16?/m1/s1. The number of ether oxygens (including phenoxy) is 3. The highest BCUT2D eigenvalue weighted by molar-refractivity contribution is 5.80. The van der Waals surface area contributed by atoms with E-state index in [9.17, 15) is 30.3 Å². The van der Waals surface area contributed by atoms with Gasteiger partial charge in [0.15, 0.2) is 6.29 Å². The summed E-state index contributed by atoms with van der Waals surface area (Å²) in [4.78, 5) is 10.6. The summed E-state index contributed by atoms with van der Waals surface area (Å²) in [5.74, 6) is -3.25. The summed E-state index contributed by atoms with van der Waals surface area (Å²) < 4.78 is 15.7. The third-order valence-corrected chi connectivity index (χ3v) is 4.09. The average molecular weight is 374 g/mol. The zero-order valence-electron chi connectivity index (χ0n) is 13.9. The van der Waals surface area contributed by atoms with E-state index in [1.165, 1.54) is 31.4 Å². The van der Waals surface area contributed by atoms with Gasteiger partial charge in [0.05, 0.1) is 6.61 Å². The number of hydrogen-bond acceptors (Lipinski definition) is 9. The van der Waals surface area contributed by atoms with Gasteiger partial charge in [-0.3, -0.25) is 0 Å². The predicted octanol–water partition coefficient (Wildman–Crippen LogP) is -2.36. The van der Waals surface area contributed by atoms with Crippen molar-refractivity contribution in [2.75, 3.05) is 13.7 Å². The van der Waals surface area contributed by atoms with Crippen LogP contribution < -0.4 is 0 Å². The Labute approximate surface area is 148 Å². The van der Waals surface area contributed by atoms with Crippen molar-refractivity contribution in [3.8, 4) is 0 Å². The molecule has 0 aromatic rings. The van der Waals surface area contributed by atoms with Crippen molar-refractivity contribution in [3.05, 3.63) is 36.0 Å². The Morgan fingerprint density at radius 1 is 1.31 bits per heavy atom. The monoisotopic (exact) mass is 374 g/mol. The molecule has 6 N–H and O–H groups in total. The summed E-state index contributed by atoms with van der Waals surface area (Å²) in [6.07, 6.45) is -2.63. The molecule has 2 aliphatic rings. The van der Waals surface area contributed by atoms with Gasteiger partial charge in [-0.25, -0.2) is 4.79 Å². The van der Waals surface area contributed by atoms with E-state index in [1.807, 2.05) is 0 Å². The molecule has 7 atom stereocenters. The van der Waals surface area contributed by atoms with E-state index in [0.29, 0.717) is 5.57 Å². The summed E-state index contributed by atoms with van der Waals surface area (Å²) in [6, 6.07) is 0. The summed E-state index contributed by atoms with van der Waals surface area (Å²) in [5, 5.41) is 58.1. The van der Waals surface area contributed by atoms with Gasteiger partial charge in [0.25, 0.3) is 0 Å². The molecule has 2 rings (SSSR count). The highest BCUT2D eigenvalue weighted by Gasteiger charge is 2.48. The quantitative estimate of drug-likeness (QED) is 0.219. The Kier molecular flexibility index (Phi) is 6.66. The lowest BCUT2D eigenvalue weighted by atomic mass is 9.97. The molecule has 0 aromatic carbocycles. The molecule has 0 amide bonds. The Bertz CT molecular complexity index is 598. The van der Waals surface area contributed by atoms with E-state index < -0.39 is 55.2 Å². The molecule has 0 aromatic heterocycles. The van der Waals surface area contributed by atoms with E-state index in [4.69, 9.17) is 19.3 Å². The minimum atomic E-state index is -2.11. The Balaban J connectivity index is 2.17. The SMILES string of the molecule is COC1C=C(/C=C/C(=O)O)C=CC1(O)O[C@@H]1O[C@H](CO)[C@@H](O)[C@H](O)[C@H]1O. The summed E-state index contributed by atoms with van der Waals surface area (Å²) in [6.45, 7) is -0.642. The van der Waals surface area contributed by atoms with Crippen LogP contribution in [0.2, 0.25) is 0 Å². The van der Waals surface area contributed by atoms with Gasteiger partial charge in [-0.05, 0) is 23.8 Å². The fraction of sp³-hybridized carbons (Fsp3) is 0.562. The second-order valence-electron chi connectivity index (χ2n) is 5.89. The van der Waals surface area contributed by atoms with Crippen LogP contribution in [-0.4, -0.2) is 92.9 Å². The maximum atomic E-state index is 10.7. The van der Waals surface area contributed by atoms with Gasteiger partial charge < -0.3 is 44.8 Å². The maximum absolute atomic E-state index is 10.7. The number of methoxy groups -OCH3 is 1. The largest absolute Gasteiger partial charge is 0.478 e. The minimum Gasteiger partial charge on any atom is -0.478 e. The van der Waals surface area contributed by atoms with Crippen molar-refractivity contribution in [3.63, 3.8) is 0 Å². The van der Waals surface area contributed by atoms with Crippen LogP contribution in [0.15, 0.2) is 36.0 Å². The Morgan fingerprint density at radius 3 is 2.58 bits per heavy atom. The predicted molar refractivity (Wildman–Crippen MR) is 84.6 cm³/mol. The van der Waals surface area contributed by atoms with E-state index in [2.05, 4.69) is 0 Å². The summed E-state index contributed by atoms with van der Waals surface area (Å²) in [7, 11) is 1.28. The first-order valence-corrected chi connectivity index (χ1v) is 7.77.